The molecule has 1 heterocycles. The highest BCUT2D eigenvalue weighted by Crippen LogP contribution is 2.16. The molecule has 2 aromatic rings. The zero-order chi connectivity index (χ0) is 14.5. The van der Waals surface area contributed by atoms with Gasteiger partial charge < -0.3 is 14.8 Å². The Morgan fingerprint density at radius 1 is 1.35 bits per heavy atom. The summed E-state index contributed by atoms with van der Waals surface area (Å²) in [6.07, 6.45) is 1.54. The molecule has 104 valence electrons. The maximum Gasteiger partial charge on any atom is 0.326 e. The molecule has 2 rings (SSSR count). The summed E-state index contributed by atoms with van der Waals surface area (Å²) in [6.45, 7) is 1.69. The number of amides is 1. The van der Waals surface area contributed by atoms with E-state index in [1.165, 1.54) is 6.39 Å². The molecule has 0 fully saturated rings. The predicted octanol–water partition coefficient (Wildman–Crippen LogP) is 1.33. The molecule has 7 nitrogen and oxygen atoms in total. The van der Waals surface area contributed by atoms with Crippen molar-refractivity contribution < 1.29 is 19.1 Å². The average Bonchev–Trinajstić information content (AvgIpc) is 2.98. The Morgan fingerprint density at radius 3 is 2.55 bits per heavy atom. The minimum Gasteiger partial charge on any atom is -0.480 e. The van der Waals surface area contributed by atoms with Crippen molar-refractivity contribution in [1.29, 1.82) is 0 Å². The number of hydrogen-bond acceptors (Lipinski definition) is 5. The monoisotopic (exact) mass is 275 g/mol. The molecule has 0 radical (unpaired) electrons. The van der Waals surface area contributed by atoms with Crippen LogP contribution in [0.2, 0.25) is 0 Å². The second-order valence-electron chi connectivity index (χ2n) is 4.09. The molecule has 0 aliphatic heterocycles. The van der Waals surface area contributed by atoms with E-state index in [9.17, 15) is 9.59 Å². The summed E-state index contributed by atoms with van der Waals surface area (Å²) in [5.41, 5.74) is 1.05. The molecule has 1 atom stereocenters. The SMILES string of the molecule is CCC(NC(=O)c1ccc(-c2nnco2)cc1)C(=O)O. The molecule has 2 N–H and O–H groups in total. The van der Waals surface area contributed by atoms with E-state index in [1.807, 2.05) is 0 Å². The van der Waals surface area contributed by atoms with Gasteiger partial charge in [-0.25, -0.2) is 4.79 Å². The number of aliphatic carboxylic acids is 1. The number of nitrogens with one attached hydrogen (secondary N) is 1. The number of carbonyl (C=O) groups excluding carboxylic acids is 1. The van der Waals surface area contributed by atoms with E-state index < -0.39 is 17.9 Å². The van der Waals surface area contributed by atoms with Gasteiger partial charge in [0, 0.05) is 11.1 Å². The second kappa shape index (κ2) is 5.96. The van der Waals surface area contributed by atoms with Gasteiger partial charge in [0.25, 0.3) is 5.91 Å². The van der Waals surface area contributed by atoms with Crippen molar-refractivity contribution in [2.75, 3.05) is 0 Å². The van der Waals surface area contributed by atoms with Gasteiger partial charge in [0.2, 0.25) is 12.3 Å². The van der Waals surface area contributed by atoms with Crippen LogP contribution >= 0.6 is 0 Å². The molecule has 7 heteroatoms. The van der Waals surface area contributed by atoms with Crippen LogP contribution in [0.3, 0.4) is 0 Å². The minimum atomic E-state index is -1.05. The lowest BCUT2D eigenvalue weighted by atomic mass is 10.1. The van der Waals surface area contributed by atoms with E-state index in [1.54, 1.807) is 31.2 Å². The first-order chi connectivity index (χ1) is 9.61. The summed E-state index contributed by atoms with van der Waals surface area (Å²) in [5.74, 6) is -1.13. The van der Waals surface area contributed by atoms with Crippen LogP contribution < -0.4 is 5.32 Å². The smallest absolute Gasteiger partial charge is 0.326 e. The number of rotatable bonds is 5. The lowest BCUT2D eigenvalue weighted by Crippen LogP contribution is -2.40. The van der Waals surface area contributed by atoms with E-state index in [-0.39, 0.29) is 0 Å². The zero-order valence-corrected chi connectivity index (χ0v) is 10.7. The standard InChI is InChI=1S/C13H13N3O4/c1-2-10(13(18)19)15-11(17)8-3-5-9(6-4-8)12-16-14-7-20-12/h3-7,10H,2H2,1H3,(H,15,17)(H,18,19). The average molecular weight is 275 g/mol. The number of carboxylic acid groups (broad SMARTS) is 1. The summed E-state index contributed by atoms with van der Waals surface area (Å²) in [7, 11) is 0. The molecule has 0 bridgehead atoms. The number of aromatic nitrogens is 2. The van der Waals surface area contributed by atoms with Crippen molar-refractivity contribution in [3.05, 3.63) is 36.2 Å². The van der Waals surface area contributed by atoms with Crippen molar-refractivity contribution >= 4 is 11.9 Å². The van der Waals surface area contributed by atoms with Crippen molar-refractivity contribution in [1.82, 2.24) is 15.5 Å². The number of carboxylic acids is 1. The van der Waals surface area contributed by atoms with Crippen LogP contribution in [0.5, 0.6) is 0 Å². The van der Waals surface area contributed by atoms with Gasteiger partial charge in [-0.3, -0.25) is 4.79 Å². The Kier molecular flexibility index (Phi) is 4.09. The number of hydrogen-bond donors (Lipinski definition) is 2. The molecule has 1 aromatic heterocycles. The third-order valence-corrected chi connectivity index (χ3v) is 2.77. The Labute approximate surface area is 114 Å². The maximum absolute atomic E-state index is 11.9. The van der Waals surface area contributed by atoms with Crippen LogP contribution in [0.25, 0.3) is 11.5 Å². The lowest BCUT2D eigenvalue weighted by Gasteiger charge is -2.12. The Balaban J connectivity index is 2.10. The molecule has 1 amide bonds. The van der Waals surface area contributed by atoms with Gasteiger partial charge in [-0.05, 0) is 30.7 Å². The fourth-order valence-electron chi connectivity index (χ4n) is 1.64. The largest absolute Gasteiger partial charge is 0.480 e. The molecular weight excluding hydrogens is 262 g/mol. The highest BCUT2D eigenvalue weighted by Gasteiger charge is 2.18. The van der Waals surface area contributed by atoms with Gasteiger partial charge >= 0.3 is 5.97 Å². The van der Waals surface area contributed by atoms with Crippen LogP contribution in [0, 0.1) is 0 Å². The fourth-order valence-corrected chi connectivity index (χ4v) is 1.64. The number of nitrogens with zero attached hydrogens (tertiary/aromatic N) is 2. The van der Waals surface area contributed by atoms with E-state index >= 15 is 0 Å². The quantitative estimate of drug-likeness (QED) is 0.852. The summed E-state index contributed by atoms with van der Waals surface area (Å²) < 4.78 is 5.03. The topological polar surface area (TPSA) is 105 Å². The molecule has 0 spiro atoms. The summed E-state index contributed by atoms with van der Waals surface area (Å²) >= 11 is 0. The first-order valence-corrected chi connectivity index (χ1v) is 6.02. The molecule has 0 saturated heterocycles. The van der Waals surface area contributed by atoms with E-state index in [4.69, 9.17) is 9.52 Å². The van der Waals surface area contributed by atoms with Crippen LogP contribution in [0.4, 0.5) is 0 Å². The molecule has 20 heavy (non-hydrogen) atoms. The summed E-state index contributed by atoms with van der Waals surface area (Å²) in [6, 6.07) is 5.57. The number of benzene rings is 1. The van der Waals surface area contributed by atoms with Crippen molar-refractivity contribution in [2.24, 2.45) is 0 Å². The Morgan fingerprint density at radius 2 is 2.05 bits per heavy atom. The van der Waals surface area contributed by atoms with Crippen LogP contribution in [0.1, 0.15) is 23.7 Å². The predicted molar refractivity (Wildman–Crippen MR) is 68.9 cm³/mol. The third-order valence-electron chi connectivity index (χ3n) is 2.77. The van der Waals surface area contributed by atoms with Crippen molar-refractivity contribution in [3.8, 4) is 11.5 Å². The van der Waals surface area contributed by atoms with E-state index in [0.29, 0.717) is 23.4 Å². The molecule has 0 aliphatic carbocycles. The van der Waals surface area contributed by atoms with Gasteiger partial charge in [-0.1, -0.05) is 6.92 Å². The van der Waals surface area contributed by atoms with Crippen LogP contribution in [-0.4, -0.2) is 33.2 Å². The van der Waals surface area contributed by atoms with Crippen LogP contribution in [0.15, 0.2) is 35.1 Å². The first kappa shape index (κ1) is 13.7. The first-order valence-electron chi connectivity index (χ1n) is 6.02. The molecule has 0 saturated carbocycles. The molecular formula is C13H13N3O4. The Hall–Kier alpha value is -2.70. The van der Waals surface area contributed by atoms with E-state index in [2.05, 4.69) is 15.5 Å². The summed E-state index contributed by atoms with van der Waals surface area (Å²) in [4.78, 5) is 22.8. The van der Waals surface area contributed by atoms with Crippen molar-refractivity contribution in [2.45, 2.75) is 19.4 Å². The maximum atomic E-state index is 11.9. The highest BCUT2D eigenvalue weighted by molar-refractivity contribution is 5.96. The molecule has 0 aliphatic rings. The fraction of sp³-hybridized carbons (Fsp3) is 0.231. The number of carbonyl (C=O) groups is 2. The van der Waals surface area contributed by atoms with Gasteiger partial charge in [0.1, 0.15) is 6.04 Å². The zero-order valence-electron chi connectivity index (χ0n) is 10.7. The third kappa shape index (κ3) is 3.00. The van der Waals surface area contributed by atoms with Gasteiger partial charge in [-0.15, -0.1) is 10.2 Å². The van der Waals surface area contributed by atoms with Gasteiger partial charge in [0.05, 0.1) is 0 Å². The van der Waals surface area contributed by atoms with Crippen molar-refractivity contribution in [3.63, 3.8) is 0 Å². The normalized spacial score (nSPS) is 11.8. The van der Waals surface area contributed by atoms with Gasteiger partial charge in [-0.2, -0.15) is 0 Å². The summed E-state index contributed by atoms with van der Waals surface area (Å²) in [5, 5.41) is 18.7. The van der Waals surface area contributed by atoms with Crippen LogP contribution in [-0.2, 0) is 4.79 Å². The molecule has 1 aromatic carbocycles. The Bertz CT molecular complexity index is 593. The van der Waals surface area contributed by atoms with E-state index in [0.717, 1.165) is 0 Å². The second-order valence-corrected chi connectivity index (χ2v) is 4.09. The lowest BCUT2D eigenvalue weighted by molar-refractivity contribution is -0.139. The highest BCUT2D eigenvalue weighted by atomic mass is 16.4. The minimum absolute atomic E-state index is 0.321. The molecule has 1 unspecified atom stereocenters. The van der Waals surface area contributed by atoms with Gasteiger partial charge in [0.15, 0.2) is 0 Å².